The van der Waals surface area contributed by atoms with Crippen molar-refractivity contribution in [3.63, 3.8) is 0 Å². The fourth-order valence-corrected chi connectivity index (χ4v) is 2.23. The largest absolute Gasteiger partial charge is 0.326 e. The van der Waals surface area contributed by atoms with Crippen molar-refractivity contribution < 1.29 is 0 Å². The quantitative estimate of drug-likeness (QED) is 0.840. The van der Waals surface area contributed by atoms with Gasteiger partial charge in [0.15, 0.2) is 0 Å². The minimum atomic E-state index is 0.333. The zero-order valence-corrected chi connectivity index (χ0v) is 10.4. The van der Waals surface area contributed by atoms with Crippen LogP contribution in [0.4, 0.5) is 0 Å². The normalized spacial score (nSPS) is 26.8. The predicted octanol–water partition coefficient (Wildman–Crippen LogP) is 1.39. The zero-order valence-electron chi connectivity index (χ0n) is 10.4. The Bertz CT molecular complexity index is 345. The molecule has 4 nitrogen and oxygen atoms in total. The van der Waals surface area contributed by atoms with Crippen molar-refractivity contribution >= 4 is 0 Å². The van der Waals surface area contributed by atoms with Gasteiger partial charge in [0.05, 0.1) is 6.20 Å². The second-order valence-corrected chi connectivity index (χ2v) is 5.09. The van der Waals surface area contributed by atoms with E-state index < -0.39 is 0 Å². The van der Waals surface area contributed by atoms with Gasteiger partial charge in [-0.15, -0.1) is 0 Å². The molecule has 1 aliphatic heterocycles. The highest BCUT2D eigenvalue weighted by Crippen LogP contribution is 2.19. The van der Waals surface area contributed by atoms with Gasteiger partial charge in [-0.3, -0.25) is 9.58 Å². The van der Waals surface area contributed by atoms with E-state index in [2.05, 4.69) is 37.0 Å². The lowest BCUT2D eigenvalue weighted by atomic mass is 10.1. The van der Waals surface area contributed by atoms with Crippen LogP contribution < -0.4 is 5.73 Å². The standard InChI is InChI=1S/C12H22N4/c1-9(2)16-8-11(6-14-16)7-15-5-4-12(13)10(15)3/h6,8-10,12H,4-5,7,13H2,1-3H3. The van der Waals surface area contributed by atoms with Gasteiger partial charge in [-0.1, -0.05) is 0 Å². The summed E-state index contributed by atoms with van der Waals surface area (Å²) < 4.78 is 2.01. The summed E-state index contributed by atoms with van der Waals surface area (Å²) in [5.41, 5.74) is 7.30. The van der Waals surface area contributed by atoms with Crippen molar-refractivity contribution in [2.45, 2.75) is 51.9 Å². The van der Waals surface area contributed by atoms with Gasteiger partial charge in [-0.2, -0.15) is 5.10 Å². The lowest BCUT2D eigenvalue weighted by Gasteiger charge is -2.21. The fraction of sp³-hybridized carbons (Fsp3) is 0.750. The number of nitrogens with zero attached hydrogens (tertiary/aromatic N) is 3. The van der Waals surface area contributed by atoms with Crippen LogP contribution in [0.25, 0.3) is 0 Å². The SMILES string of the molecule is CC1C(N)CCN1Cc1cnn(C(C)C)c1. The van der Waals surface area contributed by atoms with E-state index in [-0.39, 0.29) is 0 Å². The number of nitrogens with two attached hydrogens (primary N) is 1. The second-order valence-electron chi connectivity index (χ2n) is 5.09. The average Bonchev–Trinajstić information content (AvgIpc) is 2.81. The van der Waals surface area contributed by atoms with Gasteiger partial charge in [0.1, 0.15) is 0 Å². The predicted molar refractivity (Wildman–Crippen MR) is 65.1 cm³/mol. The molecule has 1 saturated heterocycles. The molecule has 0 amide bonds. The Morgan fingerprint density at radius 1 is 1.56 bits per heavy atom. The Hall–Kier alpha value is -0.870. The third-order valence-corrected chi connectivity index (χ3v) is 3.51. The van der Waals surface area contributed by atoms with Crippen LogP contribution in [0.5, 0.6) is 0 Å². The molecular weight excluding hydrogens is 200 g/mol. The van der Waals surface area contributed by atoms with E-state index in [1.807, 2.05) is 10.9 Å². The van der Waals surface area contributed by atoms with Crippen LogP contribution in [0.3, 0.4) is 0 Å². The highest BCUT2D eigenvalue weighted by Gasteiger charge is 2.27. The van der Waals surface area contributed by atoms with Crippen LogP contribution in [-0.2, 0) is 6.54 Å². The Morgan fingerprint density at radius 3 is 2.81 bits per heavy atom. The van der Waals surface area contributed by atoms with Crippen molar-refractivity contribution in [1.82, 2.24) is 14.7 Å². The molecule has 1 fully saturated rings. The summed E-state index contributed by atoms with van der Waals surface area (Å²) in [6.45, 7) is 8.58. The van der Waals surface area contributed by atoms with Gasteiger partial charge in [-0.05, 0) is 27.2 Å². The molecule has 0 bridgehead atoms. The monoisotopic (exact) mass is 222 g/mol. The maximum atomic E-state index is 6.01. The van der Waals surface area contributed by atoms with Crippen LogP contribution >= 0.6 is 0 Å². The van der Waals surface area contributed by atoms with Crippen LogP contribution in [0.15, 0.2) is 12.4 Å². The van der Waals surface area contributed by atoms with E-state index in [4.69, 9.17) is 5.73 Å². The summed E-state index contributed by atoms with van der Waals surface area (Å²) in [4.78, 5) is 2.44. The van der Waals surface area contributed by atoms with Crippen LogP contribution in [0.2, 0.25) is 0 Å². The summed E-state index contributed by atoms with van der Waals surface area (Å²) in [5, 5.41) is 4.36. The number of hydrogen-bond acceptors (Lipinski definition) is 3. The molecular formula is C12H22N4. The van der Waals surface area contributed by atoms with Crippen molar-refractivity contribution in [3.05, 3.63) is 18.0 Å². The van der Waals surface area contributed by atoms with Gasteiger partial charge >= 0.3 is 0 Å². The van der Waals surface area contributed by atoms with Crippen molar-refractivity contribution in [2.75, 3.05) is 6.54 Å². The van der Waals surface area contributed by atoms with Crippen molar-refractivity contribution in [2.24, 2.45) is 5.73 Å². The highest BCUT2D eigenvalue weighted by molar-refractivity contribution is 5.05. The third kappa shape index (κ3) is 2.28. The van der Waals surface area contributed by atoms with Crippen LogP contribution in [0.1, 0.15) is 38.8 Å². The average molecular weight is 222 g/mol. The highest BCUT2D eigenvalue weighted by atomic mass is 15.3. The molecule has 0 aromatic carbocycles. The molecule has 0 aliphatic carbocycles. The molecule has 2 heterocycles. The number of hydrogen-bond donors (Lipinski definition) is 1. The van der Waals surface area contributed by atoms with E-state index in [9.17, 15) is 0 Å². The van der Waals surface area contributed by atoms with Gasteiger partial charge in [0.2, 0.25) is 0 Å². The number of likely N-dealkylation sites (tertiary alicyclic amines) is 1. The molecule has 0 spiro atoms. The molecule has 2 N–H and O–H groups in total. The van der Waals surface area contributed by atoms with E-state index in [0.717, 1.165) is 19.5 Å². The third-order valence-electron chi connectivity index (χ3n) is 3.51. The van der Waals surface area contributed by atoms with E-state index in [1.165, 1.54) is 5.56 Å². The summed E-state index contributed by atoms with van der Waals surface area (Å²) in [5.74, 6) is 0. The molecule has 2 unspecified atom stereocenters. The first-order valence-corrected chi connectivity index (χ1v) is 6.10. The number of rotatable bonds is 3. The minimum Gasteiger partial charge on any atom is -0.326 e. The number of aromatic nitrogens is 2. The zero-order chi connectivity index (χ0) is 11.7. The molecule has 16 heavy (non-hydrogen) atoms. The second kappa shape index (κ2) is 4.55. The van der Waals surface area contributed by atoms with Gasteiger partial charge in [-0.25, -0.2) is 0 Å². The van der Waals surface area contributed by atoms with Crippen LogP contribution in [-0.4, -0.2) is 33.3 Å². The molecule has 0 saturated carbocycles. The van der Waals surface area contributed by atoms with E-state index >= 15 is 0 Å². The molecule has 0 radical (unpaired) electrons. The molecule has 90 valence electrons. The molecule has 4 heteroatoms. The van der Waals surface area contributed by atoms with Gasteiger partial charge < -0.3 is 5.73 Å². The smallest absolute Gasteiger partial charge is 0.0534 e. The Kier molecular flexibility index (Phi) is 3.30. The van der Waals surface area contributed by atoms with Crippen LogP contribution in [0, 0.1) is 0 Å². The molecule has 2 atom stereocenters. The van der Waals surface area contributed by atoms with E-state index in [1.54, 1.807) is 0 Å². The summed E-state index contributed by atoms with van der Waals surface area (Å²) in [6.07, 6.45) is 5.22. The first kappa shape index (κ1) is 11.6. The Morgan fingerprint density at radius 2 is 2.31 bits per heavy atom. The molecule has 2 rings (SSSR count). The van der Waals surface area contributed by atoms with Crippen molar-refractivity contribution in [3.8, 4) is 0 Å². The lowest BCUT2D eigenvalue weighted by Crippen LogP contribution is -2.36. The summed E-state index contributed by atoms with van der Waals surface area (Å²) in [6, 6.07) is 1.26. The Labute approximate surface area is 97.4 Å². The first-order chi connectivity index (χ1) is 7.58. The Balaban J connectivity index is 1.98. The molecule has 1 aromatic rings. The summed E-state index contributed by atoms with van der Waals surface area (Å²) in [7, 11) is 0. The molecule has 1 aliphatic rings. The fourth-order valence-electron chi connectivity index (χ4n) is 2.23. The first-order valence-electron chi connectivity index (χ1n) is 6.10. The maximum absolute atomic E-state index is 6.01. The summed E-state index contributed by atoms with van der Waals surface area (Å²) >= 11 is 0. The van der Waals surface area contributed by atoms with E-state index in [0.29, 0.717) is 18.1 Å². The van der Waals surface area contributed by atoms with Gasteiger partial charge in [0, 0.05) is 43.0 Å². The lowest BCUT2D eigenvalue weighted by molar-refractivity contribution is 0.251. The minimum absolute atomic E-state index is 0.333. The van der Waals surface area contributed by atoms with Gasteiger partial charge in [0.25, 0.3) is 0 Å². The maximum Gasteiger partial charge on any atom is 0.0534 e. The van der Waals surface area contributed by atoms with Crippen molar-refractivity contribution in [1.29, 1.82) is 0 Å². The topological polar surface area (TPSA) is 47.1 Å². The molecule has 1 aromatic heterocycles.